The molecule has 0 radical (unpaired) electrons. The number of benzene rings is 2. The Balaban J connectivity index is 1.12. The van der Waals surface area contributed by atoms with Crippen molar-refractivity contribution in [1.29, 1.82) is 0 Å². The first-order chi connectivity index (χ1) is 22.3. The average Bonchev–Trinajstić information content (AvgIpc) is 3.45. The largest absolute Gasteiger partial charge is 0.416 e. The minimum Gasteiger partial charge on any atom is -0.335 e. The van der Waals surface area contributed by atoms with E-state index >= 15 is 0 Å². The Morgan fingerprint density at radius 1 is 0.830 bits per heavy atom. The van der Waals surface area contributed by atoms with Crippen molar-refractivity contribution in [3.63, 3.8) is 0 Å². The standard InChI is InChI=1S/C32H34F6N6O2S/c1-20-28(47-40-39-20)30(46)43-18-27(19-43)42-11-9-41(10-12-42)25-7-8-44(26(17-25)13-21-5-3-2-4-6-21)29(45)22-14-23(31(33,34)35)16-24(15-22)32(36,37)38/h2-6,14-16,25-27H,7-13,17-19H2,1H3/t25?,26-/m1/s1. The van der Waals surface area contributed by atoms with Crippen molar-refractivity contribution < 1.29 is 35.9 Å². The third-order valence-corrected chi connectivity index (χ3v) is 10.3. The van der Waals surface area contributed by atoms with Crippen LogP contribution < -0.4 is 0 Å². The summed E-state index contributed by atoms with van der Waals surface area (Å²) >= 11 is 1.10. The molecule has 8 nitrogen and oxygen atoms in total. The van der Waals surface area contributed by atoms with Crippen molar-refractivity contribution in [2.45, 2.75) is 56.7 Å². The second kappa shape index (κ2) is 13.2. The Hall–Kier alpha value is -3.56. The van der Waals surface area contributed by atoms with Gasteiger partial charge in [-0.1, -0.05) is 34.8 Å². The van der Waals surface area contributed by atoms with Gasteiger partial charge >= 0.3 is 12.4 Å². The number of aromatic nitrogens is 2. The molecule has 4 heterocycles. The molecule has 0 aliphatic carbocycles. The van der Waals surface area contributed by atoms with E-state index in [-0.39, 0.29) is 30.6 Å². The van der Waals surface area contributed by atoms with Crippen LogP contribution in [-0.4, -0.2) is 105 Å². The fraction of sp³-hybridized carbons (Fsp3) is 0.500. The van der Waals surface area contributed by atoms with E-state index in [2.05, 4.69) is 19.4 Å². The quantitative estimate of drug-likeness (QED) is 0.332. The monoisotopic (exact) mass is 680 g/mol. The number of amides is 2. The number of hydrogen-bond acceptors (Lipinski definition) is 7. The van der Waals surface area contributed by atoms with Crippen molar-refractivity contribution >= 4 is 23.3 Å². The van der Waals surface area contributed by atoms with Crippen LogP contribution in [0.15, 0.2) is 48.5 Å². The van der Waals surface area contributed by atoms with Crippen LogP contribution in [0.2, 0.25) is 0 Å². The molecular formula is C32H34F6N6O2S. The molecule has 3 aliphatic heterocycles. The molecule has 1 aromatic heterocycles. The van der Waals surface area contributed by atoms with Crippen LogP contribution in [0.3, 0.4) is 0 Å². The van der Waals surface area contributed by atoms with Crippen LogP contribution in [0, 0.1) is 6.92 Å². The van der Waals surface area contributed by atoms with Gasteiger partial charge in [0.2, 0.25) is 0 Å². The van der Waals surface area contributed by atoms with Crippen molar-refractivity contribution in [2.75, 3.05) is 45.8 Å². The van der Waals surface area contributed by atoms with Gasteiger partial charge in [0, 0.05) is 69.5 Å². The Morgan fingerprint density at radius 3 is 1.98 bits per heavy atom. The first-order valence-electron chi connectivity index (χ1n) is 15.5. The molecule has 47 heavy (non-hydrogen) atoms. The predicted molar refractivity (Wildman–Crippen MR) is 162 cm³/mol. The molecule has 6 rings (SSSR count). The predicted octanol–water partition coefficient (Wildman–Crippen LogP) is 5.24. The van der Waals surface area contributed by atoms with Crippen LogP contribution in [0.1, 0.15) is 55.3 Å². The minimum atomic E-state index is -5.04. The number of carbonyl (C=O) groups excluding carboxylic acids is 2. The second-order valence-electron chi connectivity index (χ2n) is 12.4. The van der Waals surface area contributed by atoms with Gasteiger partial charge in [0.25, 0.3) is 11.8 Å². The smallest absolute Gasteiger partial charge is 0.335 e. The van der Waals surface area contributed by atoms with Gasteiger partial charge in [-0.3, -0.25) is 19.4 Å². The molecule has 0 spiro atoms. The van der Waals surface area contributed by atoms with Gasteiger partial charge in [-0.15, -0.1) is 5.10 Å². The van der Waals surface area contributed by atoms with Gasteiger partial charge in [0.05, 0.1) is 16.8 Å². The summed E-state index contributed by atoms with van der Waals surface area (Å²) in [6.45, 7) is 6.44. The Kier molecular flexibility index (Phi) is 9.33. The van der Waals surface area contributed by atoms with Crippen LogP contribution in [0.25, 0.3) is 0 Å². The number of halogens is 6. The maximum atomic E-state index is 13.7. The molecule has 3 aliphatic rings. The number of alkyl halides is 6. The van der Waals surface area contributed by atoms with Crippen molar-refractivity contribution in [3.8, 4) is 0 Å². The van der Waals surface area contributed by atoms with Crippen molar-refractivity contribution in [2.24, 2.45) is 0 Å². The molecule has 2 amide bonds. The van der Waals surface area contributed by atoms with Crippen LogP contribution in [0.5, 0.6) is 0 Å². The number of rotatable bonds is 6. The summed E-state index contributed by atoms with van der Waals surface area (Å²) in [5.41, 5.74) is -2.06. The van der Waals surface area contributed by atoms with Gasteiger partial charge in [0.15, 0.2) is 0 Å². The number of piperazine rings is 1. The van der Waals surface area contributed by atoms with Crippen LogP contribution >= 0.6 is 11.5 Å². The van der Waals surface area contributed by atoms with Gasteiger partial charge in [-0.25, -0.2) is 0 Å². The summed E-state index contributed by atoms with van der Waals surface area (Å²) in [7, 11) is 0. The van der Waals surface area contributed by atoms with E-state index in [4.69, 9.17) is 0 Å². The fourth-order valence-corrected chi connectivity index (χ4v) is 7.47. The van der Waals surface area contributed by atoms with Gasteiger partial charge in [-0.05, 0) is 61.5 Å². The van der Waals surface area contributed by atoms with E-state index in [0.29, 0.717) is 55.1 Å². The highest BCUT2D eigenvalue weighted by atomic mass is 32.1. The first-order valence-corrected chi connectivity index (χ1v) is 16.3. The molecule has 2 atom stereocenters. The molecule has 0 N–H and O–H groups in total. The molecule has 1 unspecified atom stereocenters. The number of hydrogen-bond donors (Lipinski definition) is 0. The van der Waals surface area contributed by atoms with E-state index in [1.165, 1.54) is 4.90 Å². The van der Waals surface area contributed by atoms with Crippen molar-refractivity contribution in [3.05, 3.63) is 81.4 Å². The summed E-state index contributed by atoms with van der Waals surface area (Å²) in [5.74, 6) is -0.878. The lowest BCUT2D eigenvalue weighted by molar-refractivity contribution is -0.143. The number of likely N-dealkylation sites (tertiary alicyclic amines) is 2. The first kappa shape index (κ1) is 33.3. The second-order valence-corrected chi connectivity index (χ2v) is 13.2. The average molecular weight is 681 g/mol. The highest BCUT2D eigenvalue weighted by molar-refractivity contribution is 7.08. The summed E-state index contributed by atoms with van der Waals surface area (Å²) < 4.78 is 85.3. The van der Waals surface area contributed by atoms with Gasteiger partial charge in [-0.2, -0.15) is 26.3 Å². The lowest BCUT2D eigenvalue weighted by Crippen LogP contribution is -2.65. The lowest BCUT2D eigenvalue weighted by atomic mass is 9.90. The number of nitrogens with zero attached hydrogens (tertiary/aromatic N) is 6. The normalized spacial score (nSPS) is 21.9. The fourth-order valence-electron chi connectivity index (χ4n) is 6.84. The zero-order valence-corrected chi connectivity index (χ0v) is 26.4. The Labute approximate surface area is 272 Å². The number of aryl methyl sites for hydroxylation is 1. The topological polar surface area (TPSA) is 72.9 Å². The molecule has 3 fully saturated rings. The molecular weight excluding hydrogens is 646 g/mol. The molecule has 0 saturated carbocycles. The molecule has 2 aromatic carbocycles. The maximum absolute atomic E-state index is 13.7. The van der Waals surface area contributed by atoms with Crippen LogP contribution in [0.4, 0.5) is 26.3 Å². The highest BCUT2D eigenvalue weighted by Crippen LogP contribution is 2.37. The van der Waals surface area contributed by atoms with Crippen molar-refractivity contribution in [1.82, 2.24) is 29.2 Å². The number of piperidine rings is 1. The summed E-state index contributed by atoms with van der Waals surface area (Å²) in [4.78, 5) is 35.0. The Morgan fingerprint density at radius 2 is 1.43 bits per heavy atom. The zero-order chi connectivity index (χ0) is 33.5. The molecule has 0 bridgehead atoms. The zero-order valence-electron chi connectivity index (χ0n) is 25.6. The Bertz CT molecular complexity index is 1550. The SMILES string of the molecule is Cc1nnsc1C(=O)N1CC(N2CCN(C3CCN(C(=O)c4cc(C(F)(F)F)cc(C(F)(F)F)c4)[C@H](Cc4ccccc4)C3)CC2)C1. The minimum absolute atomic E-state index is 0.0436. The van der Waals surface area contributed by atoms with Gasteiger partial charge in [0.1, 0.15) is 4.88 Å². The maximum Gasteiger partial charge on any atom is 0.416 e. The summed E-state index contributed by atoms with van der Waals surface area (Å²) in [5, 5.41) is 3.92. The van der Waals surface area contributed by atoms with E-state index in [1.807, 2.05) is 35.2 Å². The number of carbonyl (C=O) groups is 2. The molecule has 252 valence electrons. The lowest BCUT2D eigenvalue weighted by Gasteiger charge is -2.50. The van der Waals surface area contributed by atoms with E-state index in [1.54, 1.807) is 6.92 Å². The molecule has 15 heteroatoms. The van der Waals surface area contributed by atoms with E-state index in [0.717, 1.165) is 43.3 Å². The molecule has 3 aromatic rings. The third kappa shape index (κ3) is 7.31. The summed E-state index contributed by atoms with van der Waals surface area (Å²) in [6.07, 6.45) is -8.56. The molecule has 3 saturated heterocycles. The van der Waals surface area contributed by atoms with Gasteiger partial charge < -0.3 is 9.80 Å². The van der Waals surface area contributed by atoms with Crippen LogP contribution in [-0.2, 0) is 18.8 Å². The summed E-state index contributed by atoms with van der Waals surface area (Å²) in [6, 6.07) is 10.4. The van der Waals surface area contributed by atoms with E-state index < -0.39 is 41.0 Å². The highest BCUT2D eigenvalue weighted by Gasteiger charge is 2.42. The third-order valence-electron chi connectivity index (χ3n) is 9.47. The van der Waals surface area contributed by atoms with E-state index in [9.17, 15) is 35.9 Å².